The number of hydrogen-bond acceptors (Lipinski definition) is 3. The molecular weight excluding hydrogens is 372 g/mol. The van der Waals surface area contributed by atoms with Crippen LogP contribution in [0.5, 0.6) is 0 Å². The summed E-state index contributed by atoms with van der Waals surface area (Å²) in [6.45, 7) is 4.87. The van der Waals surface area contributed by atoms with Crippen molar-refractivity contribution >= 4 is 21.6 Å². The Bertz CT molecular complexity index is 880. The van der Waals surface area contributed by atoms with Crippen LogP contribution in [0, 0.1) is 13.8 Å². The molecule has 0 aromatic heterocycles. The van der Waals surface area contributed by atoms with E-state index < -0.39 is 10.0 Å². The van der Waals surface area contributed by atoms with E-state index in [-0.39, 0.29) is 5.91 Å². The molecule has 0 fully saturated rings. The molecule has 0 aliphatic carbocycles. The minimum Gasteiger partial charge on any atom is -0.356 e. The topological polar surface area (TPSA) is 66.5 Å². The predicted octanol–water partition coefficient (Wildman–Crippen LogP) is 3.60. The maximum absolute atomic E-state index is 12.2. The van der Waals surface area contributed by atoms with Crippen molar-refractivity contribution in [2.45, 2.75) is 39.5 Å². The monoisotopic (exact) mass is 402 g/mol. The number of rotatable bonds is 10. The van der Waals surface area contributed by atoms with E-state index >= 15 is 0 Å². The Kier molecular flexibility index (Phi) is 8.05. The Morgan fingerprint density at radius 2 is 1.71 bits per heavy atom. The number of benzene rings is 2. The van der Waals surface area contributed by atoms with Gasteiger partial charge >= 0.3 is 0 Å². The Morgan fingerprint density at radius 1 is 1.00 bits per heavy atom. The molecular formula is C22H30N2O3S. The first-order valence-electron chi connectivity index (χ1n) is 9.63. The van der Waals surface area contributed by atoms with Gasteiger partial charge in [0.05, 0.1) is 11.9 Å². The normalized spacial score (nSPS) is 11.2. The second-order valence-electron chi connectivity index (χ2n) is 7.15. The van der Waals surface area contributed by atoms with Crippen LogP contribution in [-0.4, -0.2) is 33.7 Å². The number of nitrogens with one attached hydrogen (secondary N) is 1. The van der Waals surface area contributed by atoms with Crippen LogP contribution in [0.1, 0.15) is 36.0 Å². The van der Waals surface area contributed by atoms with Gasteiger partial charge in [0.1, 0.15) is 0 Å². The van der Waals surface area contributed by atoms with Gasteiger partial charge in [-0.15, -0.1) is 0 Å². The van der Waals surface area contributed by atoms with Crippen LogP contribution in [0.25, 0.3) is 0 Å². The van der Waals surface area contributed by atoms with Crippen molar-refractivity contribution in [3.05, 3.63) is 65.2 Å². The minimum atomic E-state index is -3.40. The molecule has 0 spiro atoms. The minimum absolute atomic E-state index is 0.0402. The quantitative estimate of drug-likeness (QED) is 0.618. The molecule has 6 heteroatoms. The van der Waals surface area contributed by atoms with Gasteiger partial charge in [0.25, 0.3) is 0 Å². The van der Waals surface area contributed by atoms with E-state index in [0.29, 0.717) is 31.6 Å². The largest absolute Gasteiger partial charge is 0.356 e. The lowest BCUT2D eigenvalue weighted by Crippen LogP contribution is -2.32. The number of carbonyl (C=O) groups is 1. The molecule has 152 valence electrons. The summed E-state index contributed by atoms with van der Waals surface area (Å²) in [4.78, 5) is 12.0. The summed E-state index contributed by atoms with van der Waals surface area (Å²) < 4.78 is 25.7. The van der Waals surface area contributed by atoms with E-state index in [1.165, 1.54) is 16.1 Å². The molecule has 1 amide bonds. The van der Waals surface area contributed by atoms with Crippen LogP contribution in [0.15, 0.2) is 48.5 Å². The summed E-state index contributed by atoms with van der Waals surface area (Å²) in [6.07, 6.45) is 3.79. The molecule has 28 heavy (non-hydrogen) atoms. The van der Waals surface area contributed by atoms with Gasteiger partial charge in [0.2, 0.25) is 15.9 Å². The van der Waals surface area contributed by atoms with Gasteiger partial charge in [-0.25, -0.2) is 8.42 Å². The molecule has 0 saturated heterocycles. The van der Waals surface area contributed by atoms with Crippen LogP contribution >= 0.6 is 0 Å². The highest BCUT2D eigenvalue weighted by Gasteiger charge is 2.18. The second-order valence-corrected chi connectivity index (χ2v) is 9.05. The molecule has 0 saturated carbocycles. The number of carbonyl (C=O) groups excluding carboxylic acids is 1. The van der Waals surface area contributed by atoms with Gasteiger partial charge in [0, 0.05) is 19.5 Å². The Morgan fingerprint density at radius 3 is 2.36 bits per heavy atom. The third kappa shape index (κ3) is 7.00. The molecule has 0 bridgehead atoms. The van der Waals surface area contributed by atoms with E-state index in [4.69, 9.17) is 0 Å². The Labute approximate surface area is 168 Å². The molecule has 0 atom stereocenters. The predicted molar refractivity (Wildman–Crippen MR) is 115 cm³/mol. The molecule has 0 heterocycles. The Hall–Kier alpha value is -2.34. The van der Waals surface area contributed by atoms with Crippen LogP contribution in [-0.2, 0) is 21.2 Å². The smallest absolute Gasteiger partial charge is 0.232 e. The lowest BCUT2D eigenvalue weighted by molar-refractivity contribution is -0.121. The first-order chi connectivity index (χ1) is 13.3. The van der Waals surface area contributed by atoms with Crippen molar-refractivity contribution in [2.75, 3.05) is 23.7 Å². The molecule has 2 rings (SSSR count). The molecule has 2 aromatic carbocycles. The van der Waals surface area contributed by atoms with Crippen molar-refractivity contribution in [3.8, 4) is 0 Å². The Balaban J connectivity index is 1.78. The fraction of sp³-hybridized carbons (Fsp3) is 0.409. The van der Waals surface area contributed by atoms with Gasteiger partial charge in [-0.2, -0.15) is 0 Å². The highest BCUT2D eigenvalue weighted by Crippen LogP contribution is 2.21. The summed E-state index contributed by atoms with van der Waals surface area (Å²) in [5.74, 6) is -0.0402. The van der Waals surface area contributed by atoms with Gasteiger partial charge < -0.3 is 5.32 Å². The summed E-state index contributed by atoms with van der Waals surface area (Å²) >= 11 is 0. The van der Waals surface area contributed by atoms with Crippen molar-refractivity contribution in [1.82, 2.24) is 5.32 Å². The number of hydrogen-bond donors (Lipinski definition) is 1. The average molecular weight is 403 g/mol. The number of anilines is 1. The highest BCUT2D eigenvalue weighted by atomic mass is 32.2. The van der Waals surface area contributed by atoms with Gasteiger partial charge in [-0.3, -0.25) is 9.10 Å². The van der Waals surface area contributed by atoms with Crippen LogP contribution < -0.4 is 9.62 Å². The molecule has 1 N–H and O–H groups in total. The number of nitrogens with zero attached hydrogens (tertiary/aromatic N) is 1. The van der Waals surface area contributed by atoms with Crippen molar-refractivity contribution in [2.24, 2.45) is 0 Å². The van der Waals surface area contributed by atoms with Crippen molar-refractivity contribution in [1.29, 1.82) is 0 Å². The summed E-state index contributed by atoms with van der Waals surface area (Å²) in [6, 6.07) is 15.8. The lowest BCUT2D eigenvalue weighted by atomic mass is 10.1. The fourth-order valence-corrected chi connectivity index (χ4v) is 3.96. The highest BCUT2D eigenvalue weighted by molar-refractivity contribution is 7.92. The first-order valence-corrected chi connectivity index (χ1v) is 11.5. The standard InChI is InChI=1S/C22H30N2O3S/c1-18-13-14-21(17-19(18)2)24(28(3,26)27)16-8-12-22(25)23-15-7-11-20-9-5-4-6-10-20/h4-6,9-10,13-14,17H,7-8,11-12,15-16H2,1-3H3,(H,23,25). The van der Waals surface area contributed by atoms with Crippen LogP contribution in [0.3, 0.4) is 0 Å². The SMILES string of the molecule is Cc1ccc(N(CCCC(=O)NCCCc2ccccc2)S(C)(=O)=O)cc1C. The van der Waals surface area contributed by atoms with Gasteiger partial charge in [0.15, 0.2) is 0 Å². The summed E-state index contributed by atoms with van der Waals surface area (Å²) in [5, 5.41) is 2.91. The second kappa shape index (κ2) is 10.3. The van der Waals surface area contributed by atoms with E-state index in [9.17, 15) is 13.2 Å². The third-order valence-corrected chi connectivity index (χ3v) is 5.95. The maximum Gasteiger partial charge on any atom is 0.232 e. The van der Waals surface area contributed by atoms with Crippen LogP contribution in [0.2, 0.25) is 0 Å². The van der Waals surface area contributed by atoms with E-state index in [2.05, 4.69) is 17.4 Å². The fourth-order valence-electron chi connectivity index (χ4n) is 3.00. The first kappa shape index (κ1) is 22.0. The van der Waals surface area contributed by atoms with Gasteiger partial charge in [-0.1, -0.05) is 36.4 Å². The molecule has 0 radical (unpaired) electrons. The molecule has 2 aromatic rings. The number of aryl methyl sites for hydroxylation is 3. The zero-order valence-electron chi connectivity index (χ0n) is 16.9. The molecule has 5 nitrogen and oxygen atoms in total. The lowest BCUT2D eigenvalue weighted by Gasteiger charge is -2.23. The summed E-state index contributed by atoms with van der Waals surface area (Å²) in [5.41, 5.74) is 4.07. The van der Waals surface area contributed by atoms with E-state index in [1.54, 1.807) is 0 Å². The van der Waals surface area contributed by atoms with Gasteiger partial charge in [-0.05, 0) is 61.9 Å². The zero-order valence-corrected chi connectivity index (χ0v) is 17.8. The maximum atomic E-state index is 12.2. The van der Waals surface area contributed by atoms with E-state index in [1.807, 2.05) is 50.2 Å². The number of amides is 1. The van der Waals surface area contributed by atoms with E-state index in [0.717, 1.165) is 24.0 Å². The third-order valence-electron chi connectivity index (χ3n) is 4.75. The average Bonchev–Trinajstić information content (AvgIpc) is 2.65. The summed E-state index contributed by atoms with van der Waals surface area (Å²) in [7, 11) is -3.40. The van der Waals surface area contributed by atoms with Crippen molar-refractivity contribution < 1.29 is 13.2 Å². The molecule has 0 aliphatic heterocycles. The molecule has 0 unspecified atom stereocenters. The zero-order chi connectivity index (χ0) is 20.6. The van der Waals surface area contributed by atoms with Crippen LogP contribution in [0.4, 0.5) is 5.69 Å². The molecule has 0 aliphatic rings. The van der Waals surface area contributed by atoms with Crippen molar-refractivity contribution in [3.63, 3.8) is 0 Å². The number of sulfonamides is 1.